The summed E-state index contributed by atoms with van der Waals surface area (Å²) in [6, 6.07) is 6.70. The number of rotatable bonds is 3. The maximum absolute atomic E-state index is 13.2. The van der Waals surface area contributed by atoms with Crippen LogP contribution in [0.4, 0.5) is 4.39 Å². The molecule has 3 nitrogen and oxygen atoms in total. The third-order valence-electron chi connectivity index (χ3n) is 3.76. The molecule has 1 unspecified atom stereocenters. The van der Waals surface area contributed by atoms with E-state index in [1.807, 2.05) is 24.9 Å². The number of benzene rings is 1. The van der Waals surface area contributed by atoms with Gasteiger partial charge >= 0.3 is 0 Å². The molecule has 0 saturated carbocycles. The van der Waals surface area contributed by atoms with Crippen molar-refractivity contribution in [2.75, 3.05) is 20.1 Å². The minimum atomic E-state index is -0.282. The number of hydrogen-bond donors (Lipinski definition) is 1. The molecular formula is C16H21FN2O. The second kappa shape index (κ2) is 6.66. The number of halogens is 1. The minimum Gasteiger partial charge on any atom is -0.338 e. The third kappa shape index (κ3) is 3.67. The first-order valence-electron chi connectivity index (χ1n) is 7.00. The summed E-state index contributed by atoms with van der Waals surface area (Å²) in [5, 5.41) is 3.22. The van der Waals surface area contributed by atoms with Crippen molar-refractivity contribution in [1.82, 2.24) is 10.2 Å². The minimum absolute atomic E-state index is 0.00621. The van der Waals surface area contributed by atoms with E-state index in [0.717, 1.165) is 37.1 Å². The van der Waals surface area contributed by atoms with Gasteiger partial charge in [0, 0.05) is 25.2 Å². The molecule has 1 aromatic carbocycles. The second-order valence-corrected chi connectivity index (χ2v) is 5.25. The molecule has 1 aromatic rings. The lowest BCUT2D eigenvalue weighted by molar-refractivity contribution is -0.127. The van der Waals surface area contributed by atoms with Gasteiger partial charge in [-0.15, -0.1) is 0 Å². The summed E-state index contributed by atoms with van der Waals surface area (Å²) < 4.78 is 13.2. The molecule has 0 spiro atoms. The Morgan fingerprint density at radius 2 is 2.30 bits per heavy atom. The number of likely N-dealkylation sites (tertiary alicyclic amines) is 1. The molecule has 0 radical (unpaired) electrons. The Morgan fingerprint density at radius 3 is 3.00 bits per heavy atom. The third-order valence-corrected chi connectivity index (χ3v) is 3.76. The van der Waals surface area contributed by atoms with E-state index in [4.69, 9.17) is 0 Å². The van der Waals surface area contributed by atoms with E-state index in [-0.39, 0.29) is 11.7 Å². The summed E-state index contributed by atoms with van der Waals surface area (Å²) in [5.74, 6) is -0.275. The van der Waals surface area contributed by atoms with E-state index in [1.165, 1.54) is 12.1 Å². The van der Waals surface area contributed by atoms with Gasteiger partial charge in [0.2, 0.25) is 5.91 Å². The predicted molar refractivity (Wildman–Crippen MR) is 78.7 cm³/mol. The number of amides is 1. The highest BCUT2D eigenvalue weighted by atomic mass is 19.1. The van der Waals surface area contributed by atoms with Crippen molar-refractivity contribution < 1.29 is 9.18 Å². The van der Waals surface area contributed by atoms with Crippen LogP contribution in [-0.2, 0) is 4.79 Å². The number of carbonyl (C=O) groups is 1. The Labute approximate surface area is 119 Å². The Balaban J connectivity index is 2.07. The average Bonchev–Trinajstić information content (AvgIpc) is 2.47. The van der Waals surface area contributed by atoms with Crippen molar-refractivity contribution in [2.45, 2.75) is 25.8 Å². The maximum Gasteiger partial charge on any atom is 0.246 e. The zero-order valence-corrected chi connectivity index (χ0v) is 12.0. The molecule has 1 atom stereocenters. The van der Waals surface area contributed by atoms with Crippen LogP contribution in [0, 0.1) is 5.82 Å². The Morgan fingerprint density at radius 1 is 1.50 bits per heavy atom. The zero-order chi connectivity index (χ0) is 14.5. The van der Waals surface area contributed by atoms with Gasteiger partial charge in [0.1, 0.15) is 5.82 Å². The van der Waals surface area contributed by atoms with Crippen molar-refractivity contribution in [1.29, 1.82) is 0 Å². The molecular weight excluding hydrogens is 255 g/mol. The quantitative estimate of drug-likeness (QED) is 0.860. The summed E-state index contributed by atoms with van der Waals surface area (Å²) >= 11 is 0. The topological polar surface area (TPSA) is 32.3 Å². The Bertz CT molecular complexity index is 513. The number of carbonyl (C=O) groups excluding carboxylic acids is 1. The van der Waals surface area contributed by atoms with Gasteiger partial charge < -0.3 is 10.2 Å². The molecule has 1 aliphatic heterocycles. The lowest BCUT2D eigenvalue weighted by atomic mass is 10.0. The molecule has 4 heteroatoms. The van der Waals surface area contributed by atoms with Crippen LogP contribution >= 0.6 is 0 Å². The van der Waals surface area contributed by atoms with Gasteiger partial charge in [-0.1, -0.05) is 12.1 Å². The van der Waals surface area contributed by atoms with Crippen LogP contribution in [-0.4, -0.2) is 37.0 Å². The number of hydrogen-bond acceptors (Lipinski definition) is 2. The van der Waals surface area contributed by atoms with Crippen LogP contribution in [0.25, 0.3) is 5.57 Å². The number of nitrogens with zero attached hydrogens (tertiary/aromatic N) is 1. The highest BCUT2D eigenvalue weighted by Crippen LogP contribution is 2.16. The molecule has 108 valence electrons. The van der Waals surface area contributed by atoms with Gasteiger partial charge in [0.05, 0.1) is 0 Å². The first-order chi connectivity index (χ1) is 9.60. The highest BCUT2D eigenvalue weighted by molar-refractivity contribution is 5.94. The SMILES string of the molecule is CNC1CCCN(C(=O)/C=C(/C)c2cccc(F)c2)C1. The van der Waals surface area contributed by atoms with Crippen LogP contribution < -0.4 is 5.32 Å². The van der Waals surface area contributed by atoms with Crippen molar-refractivity contribution in [3.05, 3.63) is 41.7 Å². The molecule has 2 rings (SSSR count). The lowest BCUT2D eigenvalue weighted by Crippen LogP contribution is -2.46. The molecule has 0 aromatic heterocycles. The summed E-state index contributed by atoms with van der Waals surface area (Å²) in [6.07, 6.45) is 3.73. The second-order valence-electron chi connectivity index (χ2n) is 5.25. The monoisotopic (exact) mass is 276 g/mol. The fourth-order valence-electron chi connectivity index (χ4n) is 2.51. The highest BCUT2D eigenvalue weighted by Gasteiger charge is 2.21. The summed E-state index contributed by atoms with van der Waals surface area (Å²) in [6.45, 7) is 3.37. The van der Waals surface area contributed by atoms with E-state index in [1.54, 1.807) is 12.1 Å². The fourth-order valence-corrected chi connectivity index (χ4v) is 2.51. The number of piperidine rings is 1. The molecule has 1 fully saturated rings. The molecule has 1 N–H and O–H groups in total. The molecule has 0 bridgehead atoms. The van der Waals surface area contributed by atoms with E-state index < -0.39 is 0 Å². The Kier molecular flexibility index (Phi) is 4.90. The van der Waals surface area contributed by atoms with Crippen molar-refractivity contribution in [3.8, 4) is 0 Å². The smallest absolute Gasteiger partial charge is 0.246 e. The predicted octanol–water partition coefficient (Wildman–Crippen LogP) is 2.44. The standard InChI is InChI=1S/C16H21FN2O/c1-12(13-5-3-6-14(17)10-13)9-16(20)19-8-4-7-15(11-19)18-2/h3,5-6,9-10,15,18H,4,7-8,11H2,1-2H3/b12-9-. The molecule has 1 heterocycles. The molecule has 1 saturated heterocycles. The van der Waals surface area contributed by atoms with Crippen LogP contribution in [0.1, 0.15) is 25.3 Å². The first-order valence-corrected chi connectivity index (χ1v) is 7.00. The summed E-state index contributed by atoms with van der Waals surface area (Å²) in [4.78, 5) is 14.1. The van der Waals surface area contributed by atoms with Gasteiger partial charge in [-0.25, -0.2) is 4.39 Å². The number of allylic oxidation sites excluding steroid dienone is 1. The van der Waals surface area contributed by atoms with Crippen LogP contribution in [0.5, 0.6) is 0 Å². The fraction of sp³-hybridized carbons (Fsp3) is 0.438. The van der Waals surface area contributed by atoms with E-state index in [0.29, 0.717) is 6.04 Å². The Hall–Kier alpha value is -1.68. The van der Waals surface area contributed by atoms with E-state index in [9.17, 15) is 9.18 Å². The zero-order valence-electron chi connectivity index (χ0n) is 12.0. The van der Waals surface area contributed by atoms with Gasteiger partial charge in [-0.3, -0.25) is 4.79 Å². The van der Waals surface area contributed by atoms with Gasteiger partial charge in [0.15, 0.2) is 0 Å². The molecule has 0 aliphatic carbocycles. The average molecular weight is 276 g/mol. The van der Waals surface area contributed by atoms with Gasteiger partial charge in [-0.2, -0.15) is 0 Å². The molecule has 1 aliphatic rings. The van der Waals surface area contributed by atoms with Crippen molar-refractivity contribution in [2.24, 2.45) is 0 Å². The molecule has 20 heavy (non-hydrogen) atoms. The van der Waals surface area contributed by atoms with E-state index in [2.05, 4.69) is 5.32 Å². The number of nitrogens with one attached hydrogen (secondary N) is 1. The van der Waals surface area contributed by atoms with E-state index >= 15 is 0 Å². The largest absolute Gasteiger partial charge is 0.338 e. The van der Waals surface area contributed by atoms with Crippen LogP contribution in [0.3, 0.4) is 0 Å². The van der Waals surface area contributed by atoms with Crippen molar-refractivity contribution >= 4 is 11.5 Å². The van der Waals surface area contributed by atoms with Crippen LogP contribution in [0.2, 0.25) is 0 Å². The normalized spacial score (nSPS) is 20.1. The first kappa shape index (κ1) is 14.7. The van der Waals surface area contributed by atoms with Gasteiger partial charge in [-0.05, 0) is 50.1 Å². The summed E-state index contributed by atoms with van der Waals surface area (Å²) in [5.41, 5.74) is 1.54. The molecule has 1 amide bonds. The van der Waals surface area contributed by atoms with Crippen LogP contribution in [0.15, 0.2) is 30.3 Å². The van der Waals surface area contributed by atoms with Crippen molar-refractivity contribution in [3.63, 3.8) is 0 Å². The van der Waals surface area contributed by atoms with Gasteiger partial charge in [0.25, 0.3) is 0 Å². The lowest BCUT2D eigenvalue weighted by Gasteiger charge is -2.32. The maximum atomic E-state index is 13.2. The number of likely N-dealkylation sites (N-methyl/N-ethyl adjacent to an activating group) is 1. The summed E-state index contributed by atoms with van der Waals surface area (Å²) in [7, 11) is 1.92.